The van der Waals surface area contributed by atoms with Gasteiger partial charge in [0.1, 0.15) is 5.25 Å². The molecule has 2 unspecified atom stereocenters. The summed E-state index contributed by atoms with van der Waals surface area (Å²) < 4.78 is 11.6. The van der Waals surface area contributed by atoms with E-state index < -0.39 is 22.0 Å². The summed E-state index contributed by atoms with van der Waals surface area (Å²) in [6, 6.07) is 6.99. The van der Waals surface area contributed by atoms with Crippen LogP contribution in [0.5, 0.6) is 0 Å². The molecule has 0 radical (unpaired) electrons. The number of carboxylic acids is 1. The molecule has 0 aromatic heterocycles. The van der Waals surface area contributed by atoms with Crippen LogP contribution in [0.4, 0.5) is 0 Å². The van der Waals surface area contributed by atoms with Gasteiger partial charge >= 0.3 is 5.97 Å². The van der Waals surface area contributed by atoms with E-state index in [1.165, 1.54) is 6.92 Å². The van der Waals surface area contributed by atoms with E-state index in [0.29, 0.717) is 10.6 Å². The number of benzene rings is 1. The molecule has 0 aliphatic rings. The summed E-state index contributed by atoms with van der Waals surface area (Å²) in [7, 11) is -1.44. The van der Waals surface area contributed by atoms with Crippen molar-refractivity contribution < 1.29 is 14.1 Å². The van der Waals surface area contributed by atoms with Crippen LogP contribution in [-0.4, -0.2) is 20.5 Å². The summed E-state index contributed by atoms with van der Waals surface area (Å²) in [6.45, 7) is 1.43. The molecular weight excluding hydrogens is 236 g/mol. The first-order valence-electron chi connectivity index (χ1n) is 4.35. The van der Waals surface area contributed by atoms with Gasteiger partial charge in [0.05, 0.1) is 5.75 Å². The van der Waals surface area contributed by atoms with Crippen molar-refractivity contribution in [2.75, 3.05) is 0 Å². The highest BCUT2D eigenvalue weighted by Crippen LogP contribution is 2.17. The van der Waals surface area contributed by atoms with E-state index in [4.69, 9.17) is 16.7 Å². The maximum Gasteiger partial charge on any atom is 0.318 e. The number of hydrogen-bond acceptors (Lipinski definition) is 2. The lowest BCUT2D eigenvalue weighted by Gasteiger charge is -2.07. The van der Waals surface area contributed by atoms with Crippen LogP contribution in [0.25, 0.3) is 0 Å². The fourth-order valence-corrected chi connectivity index (χ4v) is 2.32. The monoisotopic (exact) mass is 246 g/mol. The van der Waals surface area contributed by atoms with E-state index in [-0.39, 0.29) is 5.75 Å². The minimum Gasteiger partial charge on any atom is -0.480 e. The van der Waals surface area contributed by atoms with Gasteiger partial charge in [-0.2, -0.15) is 0 Å². The Morgan fingerprint density at radius 3 is 2.67 bits per heavy atom. The van der Waals surface area contributed by atoms with Crippen molar-refractivity contribution >= 4 is 28.4 Å². The Hall–Kier alpha value is -0.870. The molecule has 0 aliphatic heterocycles. The molecule has 82 valence electrons. The summed E-state index contributed by atoms with van der Waals surface area (Å²) in [6.07, 6.45) is 0. The Bertz CT molecular complexity index is 392. The quantitative estimate of drug-likeness (QED) is 0.885. The van der Waals surface area contributed by atoms with Gasteiger partial charge in [-0.25, -0.2) is 0 Å². The molecule has 0 fully saturated rings. The number of rotatable bonds is 4. The lowest BCUT2D eigenvalue weighted by atomic mass is 10.2. The van der Waals surface area contributed by atoms with E-state index in [1.54, 1.807) is 24.3 Å². The minimum absolute atomic E-state index is 0.174. The zero-order valence-corrected chi connectivity index (χ0v) is 9.72. The molecule has 0 aliphatic carbocycles. The molecule has 0 saturated carbocycles. The van der Waals surface area contributed by atoms with Crippen molar-refractivity contribution in [3.63, 3.8) is 0 Å². The average molecular weight is 247 g/mol. The van der Waals surface area contributed by atoms with Gasteiger partial charge in [-0.15, -0.1) is 0 Å². The van der Waals surface area contributed by atoms with Crippen LogP contribution in [-0.2, 0) is 21.3 Å². The van der Waals surface area contributed by atoms with Crippen LogP contribution in [0.15, 0.2) is 24.3 Å². The van der Waals surface area contributed by atoms with E-state index in [9.17, 15) is 9.00 Å². The fourth-order valence-electron chi connectivity index (χ4n) is 1.01. The normalized spacial score (nSPS) is 14.5. The molecule has 1 N–H and O–H groups in total. The SMILES string of the molecule is CC(C(=O)O)S(=O)Cc1ccccc1Cl. The van der Waals surface area contributed by atoms with Gasteiger partial charge in [0.2, 0.25) is 0 Å². The van der Waals surface area contributed by atoms with Gasteiger partial charge in [-0.1, -0.05) is 29.8 Å². The predicted octanol–water partition coefficient (Wildman–Crippen LogP) is 2.06. The third kappa shape index (κ3) is 3.32. The van der Waals surface area contributed by atoms with Crippen molar-refractivity contribution in [2.45, 2.75) is 17.9 Å². The zero-order chi connectivity index (χ0) is 11.4. The van der Waals surface area contributed by atoms with Crippen molar-refractivity contribution in [1.82, 2.24) is 0 Å². The number of hydrogen-bond donors (Lipinski definition) is 1. The number of halogens is 1. The van der Waals surface area contributed by atoms with Crippen LogP contribution < -0.4 is 0 Å². The predicted molar refractivity (Wildman–Crippen MR) is 60.4 cm³/mol. The Kier molecular flexibility index (Phi) is 4.29. The molecule has 0 amide bonds. The van der Waals surface area contributed by atoms with Crippen LogP contribution >= 0.6 is 11.6 Å². The average Bonchev–Trinajstić information content (AvgIpc) is 2.20. The maximum absolute atomic E-state index is 11.6. The summed E-state index contributed by atoms with van der Waals surface area (Å²) in [5.41, 5.74) is 0.714. The third-order valence-corrected chi connectivity index (χ3v) is 3.95. The first-order valence-corrected chi connectivity index (χ1v) is 6.11. The second kappa shape index (κ2) is 5.28. The van der Waals surface area contributed by atoms with Crippen molar-refractivity contribution in [1.29, 1.82) is 0 Å². The number of carboxylic acid groups (broad SMARTS) is 1. The molecule has 5 heteroatoms. The Labute approximate surface area is 95.5 Å². The molecule has 1 aromatic carbocycles. The molecule has 0 saturated heterocycles. The molecule has 1 aromatic rings. The Morgan fingerprint density at radius 1 is 1.53 bits per heavy atom. The molecular formula is C10H11ClO3S. The van der Waals surface area contributed by atoms with Gasteiger partial charge in [0.15, 0.2) is 0 Å². The lowest BCUT2D eigenvalue weighted by Crippen LogP contribution is -2.22. The standard InChI is InChI=1S/C10H11ClO3S/c1-7(10(12)13)15(14)6-8-4-2-3-5-9(8)11/h2-5,7H,6H2,1H3,(H,12,13). The number of carbonyl (C=O) groups is 1. The van der Waals surface area contributed by atoms with Crippen LogP contribution in [0.1, 0.15) is 12.5 Å². The van der Waals surface area contributed by atoms with Crippen molar-refractivity contribution in [2.24, 2.45) is 0 Å². The highest BCUT2D eigenvalue weighted by atomic mass is 35.5. The van der Waals surface area contributed by atoms with Gasteiger partial charge in [-0.05, 0) is 18.6 Å². The van der Waals surface area contributed by atoms with Gasteiger partial charge < -0.3 is 5.11 Å². The highest BCUT2D eigenvalue weighted by molar-refractivity contribution is 7.85. The van der Waals surface area contributed by atoms with Crippen LogP contribution in [0.2, 0.25) is 5.02 Å². The zero-order valence-electron chi connectivity index (χ0n) is 8.14. The molecule has 0 spiro atoms. The van der Waals surface area contributed by atoms with E-state index in [2.05, 4.69) is 0 Å². The van der Waals surface area contributed by atoms with E-state index in [1.807, 2.05) is 0 Å². The van der Waals surface area contributed by atoms with Crippen LogP contribution in [0.3, 0.4) is 0 Å². The van der Waals surface area contributed by atoms with Gasteiger partial charge in [0.25, 0.3) is 0 Å². The smallest absolute Gasteiger partial charge is 0.318 e. The van der Waals surface area contributed by atoms with E-state index in [0.717, 1.165) is 0 Å². The molecule has 15 heavy (non-hydrogen) atoms. The summed E-state index contributed by atoms with van der Waals surface area (Å²) in [4.78, 5) is 10.6. The molecule has 3 nitrogen and oxygen atoms in total. The third-order valence-electron chi connectivity index (χ3n) is 2.00. The minimum atomic E-state index is -1.44. The summed E-state index contributed by atoms with van der Waals surface area (Å²) in [5, 5.41) is 8.32. The second-order valence-electron chi connectivity index (χ2n) is 3.10. The summed E-state index contributed by atoms with van der Waals surface area (Å²) in [5.74, 6) is -0.881. The lowest BCUT2D eigenvalue weighted by molar-refractivity contribution is -0.136. The van der Waals surface area contributed by atoms with Gasteiger partial charge in [0, 0.05) is 15.8 Å². The first kappa shape index (κ1) is 12.2. The molecule has 0 bridgehead atoms. The maximum atomic E-state index is 11.6. The summed E-state index contributed by atoms with van der Waals surface area (Å²) >= 11 is 5.87. The van der Waals surface area contributed by atoms with Gasteiger partial charge in [-0.3, -0.25) is 9.00 Å². The number of aliphatic carboxylic acids is 1. The largest absolute Gasteiger partial charge is 0.480 e. The Morgan fingerprint density at radius 2 is 2.13 bits per heavy atom. The van der Waals surface area contributed by atoms with Crippen molar-refractivity contribution in [3.8, 4) is 0 Å². The fraction of sp³-hybridized carbons (Fsp3) is 0.300. The van der Waals surface area contributed by atoms with Crippen molar-refractivity contribution in [3.05, 3.63) is 34.9 Å². The topological polar surface area (TPSA) is 54.4 Å². The highest BCUT2D eigenvalue weighted by Gasteiger charge is 2.19. The molecule has 1 rings (SSSR count). The molecule has 0 heterocycles. The first-order chi connectivity index (χ1) is 7.02. The van der Waals surface area contributed by atoms with E-state index >= 15 is 0 Å². The van der Waals surface area contributed by atoms with Crippen LogP contribution in [0, 0.1) is 0 Å². The molecule has 2 atom stereocenters. The second-order valence-corrected chi connectivity index (χ2v) is 5.26. The Balaban J connectivity index is 2.75.